The molecule has 1 saturated heterocycles. The van der Waals surface area contributed by atoms with Gasteiger partial charge in [0.1, 0.15) is 23.9 Å². The second kappa shape index (κ2) is 9.61. The fourth-order valence-electron chi connectivity index (χ4n) is 3.92. The van der Waals surface area contributed by atoms with Crippen LogP contribution in [0.3, 0.4) is 0 Å². The summed E-state index contributed by atoms with van der Waals surface area (Å²) in [6, 6.07) is 17.2. The number of aryl methyl sites for hydroxylation is 1. The smallest absolute Gasteiger partial charge is 0.296 e. The number of hydrogen-bond donors (Lipinski definition) is 1. The molecule has 2 heterocycles. The number of nitrogens with zero attached hydrogens (tertiary/aromatic N) is 1. The van der Waals surface area contributed by atoms with Crippen molar-refractivity contribution in [2.45, 2.75) is 25.9 Å². The van der Waals surface area contributed by atoms with Gasteiger partial charge in [-0.05, 0) is 53.9 Å². The van der Waals surface area contributed by atoms with Crippen molar-refractivity contribution in [1.29, 1.82) is 0 Å². The number of ether oxygens (including phenoxy) is 1. The third-order valence-corrected chi connectivity index (χ3v) is 5.65. The lowest BCUT2D eigenvalue weighted by Gasteiger charge is -2.24. The molecule has 1 aromatic heterocycles. The number of ketones is 1. The first-order valence-electron chi connectivity index (χ1n) is 10.8. The zero-order valence-corrected chi connectivity index (χ0v) is 18.4. The minimum atomic E-state index is -0.738. The second-order valence-electron chi connectivity index (χ2n) is 7.73. The number of amides is 1. The van der Waals surface area contributed by atoms with Gasteiger partial charge < -0.3 is 19.2 Å². The maximum absolute atomic E-state index is 13.1. The molecular formula is C27H25NO5. The summed E-state index contributed by atoms with van der Waals surface area (Å²) in [5, 5.41) is 11.2. The average Bonchev–Trinajstić information content (AvgIpc) is 3.45. The fourth-order valence-corrected chi connectivity index (χ4v) is 3.92. The highest BCUT2D eigenvalue weighted by Crippen LogP contribution is 2.40. The molecule has 6 heteroatoms. The third-order valence-electron chi connectivity index (χ3n) is 5.65. The van der Waals surface area contributed by atoms with Gasteiger partial charge in [0, 0.05) is 5.56 Å². The quantitative estimate of drug-likeness (QED) is 0.229. The molecule has 1 aliphatic rings. The fraction of sp³-hybridized carbons (Fsp3) is 0.185. The summed E-state index contributed by atoms with van der Waals surface area (Å²) in [6.07, 6.45) is 4.03. The molecule has 1 unspecified atom stereocenters. The van der Waals surface area contributed by atoms with Crippen LogP contribution in [0.15, 0.2) is 89.6 Å². The van der Waals surface area contributed by atoms with Crippen LogP contribution in [0.1, 0.15) is 35.4 Å². The van der Waals surface area contributed by atoms with Crippen LogP contribution in [-0.4, -0.2) is 28.3 Å². The second-order valence-corrected chi connectivity index (χ2v) is 7.73. The summed E-state index contributed by atoms with van der Waals surface area (Å²) >= 11 is 0. The van der Waals surface area contributed by atoms with E-state index in [4.69, 9.17) is 9.15 Å². The number of aliphatic hydroxyl groups is 1. The van der Waals surface area contributed by atoms with Crippen molar-refractivity contribution < 1.29 is 23.8 Å². The highest BCUT2D eigenvalue weighted by Gasteiger charge is 2.46. The van der Waals surface area contributed by atoms with E-state index >= 15 is 0 Å². The number of furan rings is 1. The molecular weight excluding hydrogens is 418 g/mol. The number of Topliss-reactive ketones (excluding diaryl/α,β-unsaturated/α-hetero) is 1. The van der Waals surface area contributed by atoms with Crippen molar-refractivity contribution in [2.24, 2.45) is 0 Å². The average molecular weight is 443 g/mol. The predicted octanol–water partition coefficient (Wildman–Crippen LogP) is 5.03. The number of aliphatic hydroxyl groups excluding tert-OH is 1. The standard InChI is InChI=1S/C27H25NO5/c1-3-15-32-21-13-11-20(12-14-21)25(29)23-24(19-9-7-18(4-2)8-10-19)28(27(31)26(23)30)17-22-6-5-16-33-22/h3,5-14,16,24,29H,1,4,15,17H2,2H3. The van der Waals surface area contributed by atoms with Gasteiger partial charge in [0.15, 0.2) is 0 Å². The van der Waals surface area contributed by atoms with Crippen molar-refractivity contribution in [3.63, 3.8) is 0 Å². The summed E-state index contributed by atoms with van der Waals surface area (Å²) in [4.78, 5) is 27.6. The van der Waals surface area contributed by atoms with Crippen LogP contribution in [0.5, 0.6) is 5.75 Å². The van der Waals surface area contributed by atoms with E-state index in [2.05, 4.69) is 13.5 Å². The lowest BCUT2D eigenvalue weighted by Crippen LogP contribution is -2.29. The molecule has 1 aliphatic heterocycles. The van der Waals surface area contributed by atoms with Gasteiger partial charge in [0.2, 0.25) is 0 Å². The summed E-state index contributed by atoms with van der Waals surface area (Å²) in [7, 11) is 0. The summed E-state index contributed by atoms with van der Waals surface area (Å²) < 4.78 is 10.9. The molecule has 0 spiro atoms. The minimum absolute atomic E-state index is 0.0514. The van der Waals surface area contributed by atoms with Gasteiger partial charge in [0.25, 0.3) is 11.7 Å². The Labute approximate surface area is 192 Å². The van der Waals surface area contributed by atoms with Crippen LogP contribution in [0.2, 0.25) is 0 Å². The van der Waals surface area contributed by atoms with Crippen molar-refractivity contribution in [3.05, 3.63) is 108 Å². The molecule has 2 aromatic carbocycles. The molecule has 1 fully saturated rings. The van der Waals surface area contributed by atoms with Gasteiger partial charge in [-0.1, -0.05) is 43.8 Å². The maximum Gasteiger partial charge on any atom is 0.296 e. The topological polar surface area (TPSA) is 80.0 Å². The van der Waals surface area contributed by atoms with E-state index in [9.17, 15) is 14.7 Å². The van der Waals surface area contributed by atoms with Crippen molar-refractivity contribution in [1.82, 2.24) is 4.90 Å². The molecule has 1 atom stereocenters. The lowest BCUT2D eigenvalue weighted by atomic mass is 9.94. The molecule has 0 radical (unpaired) electrons. The van der Waals surface area contributed by atoms with Crippen molar-refractivity contribution in [2.75, 3.05) is 6.61 Å². The number of carbonyl (C=O) groups excluding carboxylic acids is 2. The number of carbonyl (C=O) groups is 2. The van der Waals surface area contributed by atoms with Crippen LogP contribution in [0, 0.1) is 0 Å². The normalized spacial score (nSPS) is 17.4. The van der Waals surface area contributed by atoms with E-state index < -0.39 is 17.7 Å². The van der Waals surface area contributed by atoms with E-state index in [1.54, 1.807) is 42.5 Å². The number of hydrogen-bond acceptors (Lipinski definition) is 5. The van der Waals surface area contributed by atoms with Crippen LogP contribution < -0.4 is 4.74 Å². The van der Waals surface area contributed by atoms with Crippen LogP contribution >= 0.6 is 0 Å². The Kier molecular flexibility index (Phi) is 6.45. The van der Waals surface area contributed by atoms with Crippen molar-refractivity contribution in [3.8, 4) is 5.75 Å². The Morgan fingerprint density at radius 3 is 2.45 bits per heavy atom. The molecule has 1 N–H and O–H groups in total. The van der Waals surface area contributed by atoms with E-state index in [1.165, 1.54) is 11.2 Å². The van der Waals surface area contributed by atoms with E-state index in [-0.39, 0.29) is 17.9 Å². The van der Waals surface area contributed by atoms with Crippen LogP contribution in [-0.2, 0) is 22.6 Å². The van der Waals surface area contributed by atoms with Gasteiger partial charge in [-0.25, -0.2) is 0 Å². The molecule has 33 heavy (non-hydrogen) atoms. The third kappa shape index (κ3) is 4.46. The molecule has 3 aromatic rings. The molecule has 0 aliphatic carbocycles. The molecule has 6 nitrogen and oxygen atoms in total. The zero-order valence-electron chi connectivity index (χ0n) is 18.4. The van der Waals surface area contributed by atoms with Crippen LogP contribution in [0.25, 0.3) is 5.76 Å². The van der Waals surface area contributed by atoms with E-state index in [0.717, 1.165) is 17.5 Å². The van der Waals surface area contributed by atoms with Gasteiger partial charge in [-0.15, -0.1) is 0 Å². The summed E-state index contributed by atoms with van der Waals surface area (Å²) in [5.41, 5.74) is 2.35. The van der Waals surface area contributed by atoms with Gasteiger partial charge in [-0.2, -0.15) is 0 Å². The molecule has 0 bridgehead atoms. The first-order chi connectivity index (χ1) is 16.0. The number of likely N-dealkylation sites (tertiary alicyclic amines) is 1. The predicted molar refractivity (Wildman–Crippen MR) is 125 cm³/mol. The first-order valence-corrected chi connectivity index (χ1v) is 10.8. The maximum atomic E-state index is 13.1. The van der Waals surface area contributed by atoms with Crippen molar-refractivity contribution >= 4 is 17.4 Å². The highest BCUT2D eigenvalue weighted by molar-refractivity contribution is 6.46. The molecule has 0 saturated carbocycles. The zero-order chi connectivity index (χ0) is 23.4. The Balaban J connectivity index is 1.78. The Bertz CT molecular complexity index is 1170. The van der Waals surface area contributed by atoms with Gasteiger partial charge in [0.05, 0.1) is 24.4 Å². The lowest BCUT2D eigenvalue weighted by molar-refractivity contribution is -0.140. The largest absolute Gasteiger partial charge is 0.507 e. The molecule has 4 rings (SSSR count). The first kappa shape index (κ1) is 22.1. The highest BCUT2D eigenvalue weighted by atomic mass is 16.5. The monoisotopic (exact) mass is 443 g/mol. The Hall–Kier alpha value is -4.06. The number of rotatable bonds is 8. The van der Waals surface area contributed by atoms with Crippen LogP contribution in [0.4, 0.5) is 0 Å². The van der Waals surface area contributed by atoms with Gasteiger partial charge in [-0.3, -0.25) is 9.59 Å². The Morgan fingerprint density at radius 2 is 1.85 bits per heavy atom. The molecule has 1 amide bonds. The minimum Gasteiger partial charge on any atom is -0.507 e. The van der Waals surface area contributed by atoms with Gasteiger partial charge >= 0.3 is 0 Å². The summed E-state index contributed by atoms with van der Waals surface area (Å²) in [6.45, 7) is 6.15. The summed E-state index contributed by atoms with van der Waals surface area (Å²) in [5.74, 6) is -0.471. The van der Waals surface area contributed by atoms with E-state index in [1.807, 2.05) is 24.3 Å². The number of benzene rings is 2. The molecule has 168 valence electrons. The van der Waals surface area contributed by atoms with E-state index in [0.29, 0.717) is 23.7 Å². The SMILES string of the molecule is C=CCOc1ccc(C(O)=C2C(=O)C(=O)N(Cc3ccco3)C2c2ccc(CC)cc2)cc1. The Morgan fingerprint density at radius 1 is 1.12 bits per heavy atom.